The molecule has 1 aliphatic heterocycles. The predicted octanol–water partition coefficient (Wildman–Crippen LogP) is 8.57. The number of fused-ring (bicyclic) bond motifs is 2. The lowest BCUT2D eigenvalue weighted by Crippen LogP contribution is -2.34. The molecule has 6 heteroatoms. The molecule has 0 spiro atoms. The highest BCUT2D eigenvalue weighted by atomic mass is 79.9. The molecule has 6 rings (SSSR count). The normalized spacial score (nSPS) is 19.9. The van der Waals surface area contributed by atoms with Crippen LogP contribution in [0.25, 0.3) is 16.8 Å². The van der Waals surface area contributed by atoms with Crippen LogP contribution in [0.5, 0.6) is 5.75 Å². The van der Waals surface area contributed by atoms with E-state index in [1.165, 1.54) is 5.57 Å². The molecule has 1 heterocycles. The molecular formula is C32H26Br2N2O2. The number of benzene rings is 4. The van der Waals surface area contributed by atoms with Crippen molar-refractivity contribution in [3.8, 4) is 5.75 Å². The fourth-order valence-electron chi connectivity index (χ4n) is 5.43. The van der Waals surface area contributed by atoms with Gasteiger partial charge in [0, 0.05) is 14.9 Å². The van der Waals surface area contributed by atoms with Crippen LogP contribution in [0.15, 0.2) is 111 Å². The summed E-state index contributed by atoms with van der Waals surface area (Å²) >= 11 is 7.06. The van der Waals surface area contributed by atoms with E-state index in [0.29, 0.717) is 5.75 Å². The number of hydrogen-bond acceptors (Lipinski definition) is 3. The number of amides is 1. The molecular weight excluding hydrogens is 604 g/mol. The molecule has 0 saturated heterocycles. The van der Waals surface area contributed by atoms with Gasteiger partial charge in [0.25, 0.3) is 5.91 Å². The summed E-state index contributed by atoms with van der Waals surface area (Å²) in [5.41, 5.74) is 4.44. The van der Waals surface area contributed by atoms with Crippen molar-refractivity contribution >= 4 is 60.3 Å². The number of allylic oxidation sites excluding steroid dienone is 1. The monoisotopic (exact) mass is 628 g/mol. The Labute approximate surface area is 239 Å². The van der Waals surface area contributed by atoms with Crippen molar-refractivity contribution in [3.63, 3.8) is 0 Å². The molecule has 2 atom stereocenters. The Morgan fingerprint density at radius 1 is 0.921 bits per heavy atom. The van der Waals surface area contributed by atoms with Crippen molar-refractivity contribution < 1.29 is 9.53 Å². The summed E-state index contributed by atoms with van der Waals surface area (Å²) < 4.78 is 8.06. The van der Waals surface area contributed by atoms with Gasteiger partial charge in [0.05, 0.1) is 11.8 Å². The highest BCUT2D eigenvalue weighted by Crippen LogP contribution is 2.44. The van der Waals surface area contributed by atoms with Gasteiger partial charge in [0.15, 0.2) is 6.61 Å². The number of carbonyl (C=O) groups is 1. The van der Waals surface area contributed by atoms with E-state index in [0.717, 1.165) is 55.8 Å². The first-order chi connectivity index (χ1) is 18.5. The first kappa shape index (κ1) is 25.1. The summed E-state index contributed by atoms with van der Waals surface area (Å²) in [6.07, 6.45) is 5.23. The molecule has 2 aliphatic rings. The smallest absolute Gasteiger partial charge is 0.281 e. The molecule has 1 saturated carbocycles. The summed E-state index contributed by atoms with van der Waals surface area (Å²) in [5.74, 6) is 0.685. The third-order valence-electron chi connectivity index (χ3n) is 7.26. The zero-order valence-corrected chi connectivity index (χ0v) is 23.9. The second kappa shape index (κ2) is 10.9. The molecule has 190 valence electrons. The summed E-state index contributed by atoms with van der Waals surface area (Å²) in [6, 6.07) is 30.4. The highest BCUT2D eigenvalue weighted by molar-refractivity contribution is 9.10. The van der Waals surface area contributed by atoms with E-state index in [1.807, 2.05) is 60.7 Å². The minimum atomic E-state index is -0.153. The molecule has 0 bridgehead atoms. The van der Waals surface area contributed by atoms with E-state index in [1.54, 1.807) is 5.01 Å². The minimum absolute atomic E-state index is 0.0688. The van der Waals surface area contributed by atoms with Gasteiger partial charge < -0.3 is 4.74 Å². The average molecular weight is 630 g/mol. The Hall–Kier alpha value is -3.22. The summed E-state index contributed by atoms with van der Waals surface area (Å²) in [7, 11) is 0. The van der Waals surface area contributed by atoms with Crippen LogP contribution in [0.3, 0.4) is 0 Å². The van der Waals surface area contributed by atoms with E-state index in [9.17, 15) is 4.79 Å². The van der Waals surface area contributed by atoms with Crippen molar-refractivity contribution in [3.05, 3.63) is 117 Å². The number of carbonyl (C=O) groups excluding carboxylic acids is 1. The van der Waals surface area contributed by atoms with Crippen molar-refractivity contribution in [1.82, 2.24) is 5.01 Å². The predicted molar refractivity (Wildman–Crippen MR) is 160 cm³/mol. The first-order valence-electron chi connectivity index (χ1n) is 12.8. The standard InChI is InChI=1S/C32H26Br2N2O2/c33-26-13-8-21(9-14-26)18-25-6-3-7-29-31(25)35-36(32(29)23-10-15-27(34)16-11-23)30(37)20-38-28-17-12-22-4-1-2-5-24(22)19-28/h1-2,4-5,8-19,29,32H,3,6-7,20H2/b25-18-. The molecule has 4 aromatic rings. The first-order valence-corrected chi connectivity index (χ1v) is 14.4. The Morgan fingerprint density at radius 3 is 2.39 bits per heavy atom. The molecule has 1 amide bonds. The van der Waals surface area contributed by atoms with E-state index >= 15 is 0 Å². The summed E-state index contributed by atoms with van der Waals surface area (Å²) in [4.78, 5) is 13.6. The molecule has 0 N–H and O–H groups in total. The van der Waals surface area contributed by atoms with Gasteiger partial charge in [0.1, 0.15) is 5.75 Å². The van der Waals surface area contributed by atoms with E-state index in [2.05, 4.69) is 68.3 Å². The van der Waals surface area contributed by atoms with Crippen molar-refractivity contribution in [2.45, 2.75) is 25.3 Å². The van der Waals surface area contributed by atoms with Crippen LogP contribution in [0, 0.1) is 5.92 Å². The van der Waals surface area contributed by atoms with Crippen molar-refractivity contribution in [1.29, 1.82) is 0 Å². The lowest BCUT2D eigenvalue weighted by molar-refractivity contribution is -0.135. The van der Waals surface area contributed by atoms with Gasteiger partial charge in [-0.3, -0.25) is 4.79 Å². The van der Waals surface area contributed by atoms with Crippen LogP contribution in [0.1, 0.15) is 36.4 Å². The van der Waals surface area contributed by atoms with Gasteiger partial charge in [-0.15, -0.1) is 0 Å². The second-order valence-corrected chi connectivity index (χ2v) is 11.6. The largest absolute Gasteiger partial charge is 0.484 e. The van der Waals surface area contributed by atoms with Gasteiger partial charge >= 0.3 is 0 Å². The van der Waals surface area contributed by atoms with E-state index in [-0.39, 0.29) is 24.5 Å². The average Bonchev–Trinajstić information content (AvgIpc) is 3.34. The lowest BCUT2D eigenvalue weighted by atomic mass is 9.77. The Balaban J connectivity index is 1.30. The second-order valence-electron chi connectivity index (χ2n) is 9.74. The lowest BCUT2D eigenvalue weighted by Gasteiger charge is -2.29. The zero-order chi connectivity index (χ0) is 26.1. The number of ether oxygens (including phenoxy) is 1. The van der Waals surface area contributed by atoms with Crippen LogP contribution < -0.4 is 4.74 Å². The van der Waals surface area contributed by atoms with Gasteiger partial charge in [0.2, 0.25) is 0 Å². The van der Waals surface area contributed by atoms with Gasteiger partial charge in [-0.05, 0) is 89.2 Å². The zero-order valence-electron chi connectivity index (χ0n) is 20.7. The molecule has 4 aromatic carbocycles. The quantitative estimate of drug-likeness (QED) is 0.222. The number of nitrogens with zero attached hydrogens (tertiary/aromatic N) is 2. The molecule has 4 nitrogen and oxygen atoms in total. The Morgan fingerprint density at radius 2 is 1.63 bits per heavy atom. The van der Waals surface area contributed by atoms with Crippen molar-refractivity contribution in [2.75, 3.05) is 6.61 Å². The molecule has 0 radical (unpaired) electrons. The van der Waals surface area contributed by atoms with E-state index < -0.39 is 0 Å². The third kappa shape index (κ3) is 5.20. The Bertz CT molecular complexity index is 1540. The number of halogens is 2. The molecule has 1 fully saturated rings. The number of rotatable bonds is 5. The van der Waals surface area contributed by atoms with Gasteiger partial charge in [-0.2, -0.15) is 5.10 Å². The molecule has 0 aromatic heterocycles. The maximum atomic E-state index is 13.6. The molecule has 38 heavy (non-hydrogen) atoms. The van der Waals surface area contributed by atoms with Gasteiger partial charge in [-0.25, -0.2) is 5.01 Å². The minimum Gasteiger partial charge on any atom is -0.484 e. The summed E-state index contributed by atoms with van der Waals surface area (Å²) in [6.45, 7) is -0.0688. The summed E-state index contributed by atoms with van der Waals surface area (Å²) in [5, 5.41) is 8.87. The SMILES string of the molecule is O=C(COc1ccc2ccccc2c1)N1N=C2/C(=C\c3ccc(Br)cc3)CCCC2C1c1ccc(Br)cc1. The van der Waals surface area contributed by atoms with Crippen LogP contribution in [0.2, 0.25) is 0 Å². The number of hydrogen-bond donors (Lipinski definition) is 0. The molecule has 1 aliphatic carbocycles. The van der Waals surface area contributed by atoms with E-state index in [4.69, 9.17) is 9.84 Å². The maximum Gasteiger partial charge on any atom is 0.281 e. The topological polar surface area (TPSA) is 41.9 Å². The van der Waals surface area contributed by atoms with Crippen molar-refractivity contribution in [2.24, 2.45) is 11.0 Å². The van der Waals surface area contributed by atoms with Crippen LogP contribution in [0.4, 0.5) is 0 Å². The third-order valence-corrected chi connectivity index (χ3v) is 8.32. The van der Waals surface area contributed by atoms with Crippen LogP contribution in [-0.2, 0) is 4.79 Å². The van der Waals surface area contributed by atoms with Gasteiger partial charge in [-0.1, -0.05) is 86.5 Å². The maximum absolute atomic E-state index is 13.6. The van der Waals surface area contributed by atoms with Crippen LogP contribution in [-0.4, -0.2) is 23.2 Å². The Kier molecular flexibility index (Phi) is 7.18. The number of hydrazone groups is 1. The fraction of sp³-hybridized carbons (Fsp3) is 0.188. The fourth-order valence-corrected chi connectivity index (χ4v) is 5.96. The molecule has 2 unspecified atom stereocenters. The van der Waals surface area contributed by atoms with Crippen LogP contribution >= 0.6 is 31.9 Å². The highest BCUT2D eigenvalue weighted by Gasteiger charge is 2.43.